The number of rotatable bonds is 5. The number of thiocarbonyl (C=S) groups is 1. The molecule has 0 aliphatic carbocycles. The van der Waals surface area contributed by atoms with Gasteiger partial charge in [-0.2, -0.15) is 0 Å². The SMILES string of the molecule is CCC(C(=O)Nc1ccc(OC)c(Cl)c1)C(N)=S. The highest BCUT2D eigenvalue weighted by atomic mass is 35.5. The van der Waals surface area contributed by atoms with Gasteiger partial charge in [0.05, 0.1) is 23.0 Å². The Bertz CT molecular complexity index is 465. The maximum atomic E-state index is 11.9. The van der Waals surface area contributed by atoms with E-state index < -0.39 is 5.92 Å². The number of amides is 1. The number of carbonyl (C=O) groups excluding carboxylic acids is 1. The van der Waals surface area contributed by atoms with Crippen molar-refractivity contribution in [3.8, 4) is 5.75 Å². The average Bonchev–Trinajstić information content (AvgIpc) is 2.29. The Hall–Kier alpha value is -1.33. The van der Waals surface area contributed by atoms with E-state index in [0.29, 0.717) is 22.9 Å². The maximum Gasteiger partial charge on any atom is 0.234 e. The monoisotopic (exact) mass is 286 g/mol. The van der Waals surface area contributed by atoms with E-state index in [1.807, 2.05) is 6.92 Å². The van der Waals surface area contributed by atoms with E-state index >= 15 is 0 Å². The molecule has 0 radical (unpaired) electrons. The molecule has 6 heteroatoms. The first-order valence-corrected chi connectivity index (χ1v) is 6.22. The van der Waals surface area contributed by atoms with Crippen molar-refractivity contribution in [1.29, 1.82) is 0 Å². The molecule has 0 fully saturated rings. The summed E-state index contributed by atoms with van der Waals surface area (Å²) in [6.07, 6.45) is 0.561. The van der Waals surface area contributed by atoms with Crippen LogP contribution >= 0.6 is 23.8 Å². The van der Waals surface area contributed by atoms with Crippen LogP contribution in [0.5, 0.6) is 5.75 Å². The molecule has 1 amide bonds. The van der Waals surface area contributed by atoms with Gasteiger partial charge < -0.3 is 15.8 Å². The molecule has 1 aromatic carbocycles. The van der Waals surface area contributed by atoms with Crippen LogP contribution in [-0.4, -0.2) is 18.0 Å². The number of nitrogens with one attached hydrogen (secondary N) is 1. The van der Waals surface area contributed by atoms with Crippen molar-refractivity contribution in [2.45, 2.75) is 13.3 Å². The third-order valence-electron chi connectivity index (χ3n) is 2.49. The van der Waals surface area contributed by atoms with E-state index in [9.17, 15) is 4.79 Å². The molecule has 18 heavy (non-hydrogen) atoms. The summed E-state index contributed by atoms with van der Waals surface area (Å²) in [4.78, 5) is 12.1. The molecule has 0 saturated heterocycles. The minimum atomic E-state index is -0.471. The van der Waals surface area contributed by atoms with Crippen molar-refractivity contribution in [3.63, 3.8) is 0 Å². The first kappa shape index (κ1) is 14.7. The summed E-state index contributed by atoms with van der Waals surface area (Å²) in [5, 5.41) is 3.15. The van der Waals surface area contributed by atoms with Gasteiger partial charge in [0, 0.05) is 5.69 Å². The second-order valence-electron chi connectivity index (χ2n) is 3.70. The van der Waals surface area contributed by atoms with E-state index in [2.05, 4.69) is 5.32 Å². The molecule has 1 aromatic rings. The number of halogens is 1. The van der Waals surface area contributed by atoms with Gasteiger partial charge in [-0.3, -0.25) is 4.79 Å². The zero-order chi connectivity index (χ0) is 13.7. The lowest BCUT2D eigenvalue weighted by Gasteiger charge is -2.14. The molecular weight excluding hydrogens is 272 g/mol. The van der Waals surface area contributed by atoms with Gasteiger partial charge in [-0.1, -0.05) is 30.7 Å². The lowest BCUT2D eigenvalue weighted by molar-refractivity contribution is -0.118. The van der Waals surface area contributed by atoms with E-state index in [1.165, 1.54) is 7.11 Å². The Morgan fingerprint density at radius 2 is 2.28 bits per heavy atom. The number of methoxy groups -OCH3 is 1. The molecule has 0 aromatic heterocycles. The highest BCUT2D eigenvalue weighted by molar-refractivity contribution is 7.80. The second-order valence-corrected chi connectivity index (χ2v) is 4.58. The number of nitrogens with two attached hydrogens (primary N) is 1. The van der Waals surface area contributed by atoms with E-state index in [4.69, 9.17) is 34.3 Å². The molecule has 98 valence electrons. The Morgan fingerprint density at radius 3 is 2.72 bits per heavy atom. The zero-order valence-corrected chi connectivity index (χ0v) is 11.8. The fourth-order valence-corrected chi connectivity index (χ4v) is 2.02. The molecular formula is C12H15ClN2O2S. The van der Waals surface area contributed by atoms with Gasteiger partial charge >= 0.3 is 0 Å². The predicted molar refractivity (Wildman–Crippen MR) is 77.2 cm³/mol. The average molecular weight is 287 g/mol. The number of hydrogen-bond donors (Lipinski definition) is 2. The highest BCUT2D eigenvalue weighted by Crippen LogP contribution is 2.27. The van der Waals surface area contributed by atoms with Crippen LogP contribution in [0, 0.1) is 5.92 Å². The molecule has 0 aliphatic heterocycles. The fourth-order valence-electron chi connectivity index (χ4n) is 1.49. The van der Waals surface area contributed by atoms with Crippen LogP contribution < -0.4 is 15.8 Å². The minimum absolute atomic E-state index is 0.189. The molecule has 0 aliphatic rings. The van der Waals surface area contributed by atoms with Crippen LogP contribution in [0.15, 0.2) is 18.2 Å². The topological polar surface area (TPSA) is 64.3 Å². The van der Waals surface area contributed by atoms with Gasteiger partial charge in [-0.25, -0.2) is 0 Å². The molecule has 4 nitrogen and oxygen atoms in total. The Balaban J connectivity index is 2.82. The van der Waals surface area contributed by atoms with Crippen molar-refractivity contribution in [2.24, 2.45) is 11.7 Å². The number of benzene rings is 1. The summed E-state index contributed by atoms with van der Waals surface area (Å²) in [6.45, 7) is 1.85. The number of ether oxygens (including phenoxy) is 1. The van der Waals surface area contributed by atoms with Crippen LogP contribution in [0.2, 0.25) is 5.02 Å². The first-order chi connectivity index (χ1) is 8.49. The van der Waals surface area contributed by atoms with Crippen LogP contribution in [-0.2, 0) is 4.79 Å². The van der Waals surface area contributed by atoms with Crippen molar-refractivity contribution < 1.29 is 9.53 Å². The van der Waals surface area contributed by atoms with Gasteiger partial charge in [0.1, 0.15) is 5.75 Å². The quantitative estimate of drug-likeness (QED) is 0.817. The van der Waals surface area contributed by atoms with Crippen molar-refractivity contribution >= 4 is 40.4 Å². The van der Waals surface area contributed by atoms with Gasteiger partial charge in [-0.15, -0.1) is 0 Å². The van der Waals surface area contributed by atoms with E-state index in [0.717, 1.165) is 0 Å². The lowest BCUT2D eigenvalue weighted by atomic mass is 10.1. The highest BCUT2D eigenvalue weighted by Gasteiger charge is 2.19. The molecule has 1 unspecified atom stereocenters. The normalized spacial score (nSPS) is 11.7. The Labute approximate surface area is 116 Å². The molecule has 1 rings (SSSR count). The fraction of sp³-hybridized carbons (Fsp3) is 0.333. The smallest absolute Gasteiger partial charge is 0.234 e. The van der Waals surface area contributed by atoms with Crippen molar-refractivity contribution in [3.05, 3.63) is 23.2 Å². The van der Waals surface area contributed by atoms with Crippen molar-refractivity contribution in [2.75, 3.05) is 12.4 Å². The summed E-state index contributed by atoms with van der Waals surface area (Å²) in [5.74, 6) is -0.150. The summed E-state index contributed by atoms with van der Waals surface area (Å²) >= 11 is 10.8. The minimum Gasteiger partial charge on any atom is -0.495 e. The number of carbonyl (C=O) groups is 1. The second kappa shape index (κ2) is 6.56. The first-order valence-electron chi connectivity index (χ1n) is 5.43. The molecule has 1 atom stereocenters. The molecule has 0 saturated carbocycles. The van der Waals surface area contributed by atoms with Gasteiger partial charge in [0.25, 0.3) is 0 Å². The van der Waals surface area contributed by atoms with E-state index in [1.54, 1.807) is 18.2 Å². The van der Waals surface area contributed by atoms with Crippen LogP contribution in [0.4, 0.5) is 5.69 Å². The Kier molecular flexibility index (Phi) is 5.37. The van der Waals surface area contributed by atoms with Gasteiger partial charge in [-0.05, 0) is 24.6 Å². The van der Waals surface area contributed by atoms with Gasteiger partial charge in [0.2, 0.25) is 5.91 Å². The predicted octanol–water partition coefficient (Wildman–Crippen LogP) is 2.60. The standard InChI is InChI=1S/C12H15ClN2O2S/c1-3-8(11(14)18)12(16)15-7-4-5-10(17-2)9(13)6-7/h4-6,8H,3H2,1-2H3,(H2,14,18)(H,15,16). The summed E-state index contributed by atoms with van der Waals surface area (Å²) < 4.78 is 5.03. The van der Waals surface area contributed by atoms with Crippen LogP contribution in [0.25, 0.3) is 0 Å². The summed E-state index contributed by atoms with van der Waals surface area (Å²) in [6, 6.07) is 5.00. The maximum absolute atomic E-state index is 11.9. The molecule has 0 bridgehead atoms. The Morgan fingerprint density at radius 1 is 1.61 bits per heavy atom. The number of anilines is 1. The third kappa shape index (κ3) is 3.58. The van der Waals surface area contributed by atoms with E-state index in [-0.39, 0.29) is 10.9 Å². The van der Waals surface area contributed by atoms with Gasteiger partial charge in [0.15, 0.2) is 0 Å². The molecule has 3 N–H and O–H groups in total. The third-order valence-corrected chi connectivity index (χ3v) is 3.07. The zero-order valence-electron chi connectivity index (χ0n) is 10.2. The summed E-state index contributed by atoms with van der Waals surface area (Å²) in [7, 11) is 1.53. The lowest BCUT2D eigenvalue weighted by Crippen LogP contribution is -2.32. The number of hydrogen-bond acceptors (Lipinski definition) is 3. The molecule has 0 heterocycles. The molecule has 0 spiro atoms. The van der Waals surface area contributed by atoms with Crippen LogP contribution in [0.3, 0.4) is 0 Å². The largest absolute Gasteiger partial charge is 0.495 e. The summed E-state index contributed by atoms with van der Waals surface area (Å²) in [5.41, 5.74) is 6.09. The van der Waals surface area contributed by atoms with Crippen molar-refractivity contribution in [1.82, 2.24) is 0 Å². The van der Waals surface area contributed by atoms with Crippen LogP contribution in [0.1, 0.15) is 13.3 Å².